The summed E-state index contributed by atoms with van der Waals surface area (Å²) in [6.45, 7) is 3.97. The molecule has 35 heavy (non-hydrogen) atoms. The molecular weight excluding hydrogens is 495 g/mol. The second-order valence-corrected chi connectivity index (χ2v) is 10.9. The molecular formula is C26H26F3NO3S2. The minimum absolute atomic E-state index is 0.0226. The second-order valence-electron chi connectivity index (χ2n) is 8.49. The number of carbonyl (C=O) groups excluding carboxylic acids is 2. The van der Waals surface area contributed by atoms with Crippen LogP contribution in [-0.4, -0.2) is 29.9 Å². The van der Waals surface area contributed by atoms with E-state index in [0.29, 0.717) is 29.0 Å². The van der Waals surface area contributed by atoms with E-state index >= 15 is 0 Å². The van der Waals surface area contributed by atoms with Gasteiger partial charge in [0.25, 0.3) is 0 Å². The standard InChI is InChI=1S/C26H26F3NO3S2/c1-3-34-12-10-33-25(32)22-15(2)30-19-13-17(21-5-4-11-35-21)14-20(31)24(19)23(22)16-6-8-18(9-7-16)26(27,28)29/h4-9,11,17,23,30H,3,10,12-14H2,1-2H3/t17-,23+/m1/s1. The van der Waals surface area contributed by atoms with Gasteiger partial charge in [-0.25, -0.2) is 4.79 Å². The molecule has 2 aliphatic rings. The fourth-order valence-electron chi connectivity index (χ4n) is 4.65. The molecule has 0 bridgehead atoms. The normalized spacial score (nSPS) is 20.5. The van der Waals surface area contributed by atoms with Gasteiger partial charge in [0.05, 0.1) is 11.1 Å². The Bertz CT molecular complexity index is 1150. The molecule has 0 fully saturated rings. The molecule has 186 valence electrons. The summed E-state index contributed by atoms with van der Waals surface area (Å²) < 4.78 is 45.1. The van der Waals surface area contributed by atoms with Gasteiger partial charge in [-0.05, 0) is 48.2 Å². The van der Waals surface area contributed by atoms with Crippen molar-refractivity contribution >= 4 is 34.9 Å². The Morgan fingerprint density at radius 1 is 1.20 bits per heavy atom. The van der Waals surface area contributed by atoms with Crippen LogP contribution in [-0.2, 0) is 20.5 Å². The maximum Gasteiger partial charge on any atom is 0.416 e. The average Bonchev–Trinajstić information content (AvgIpc) is 3.35. The van der Waals surface area contributed by atoms with Crippen molar-refractivity contribution in [2.45, 2.75) is 44.7 Å². The predicted octanol–water partition coefficient (Wildman–Crippen LogP) is 6.42. The summed E-state index contributed by atoms with van der Waals surface area (Å²) in [7, 11) is 0. The van der Waals surface area contributed by atoms with Crippen molar-refractivity contribution in [2.75, 3.05) is 18.1 Å². The maximum absolute atomic E-state index is 13.5. The molecule has 1 aliphatic heterocycles. The number of allylic oxidation sites excluding steroid dienone is 3. The Labute approximate surface area is 210 Å². The molecule has 2 aromatic rings. The van der Waals surface area contributed by atoms with Gasteiger partial charge in [0.2, 0.25) is 0 Å². The number of alkyl halides is 3. The third kappa shape index (κ3) is 5.51. The first-order valence-corrected chi connectivity index (χ1v) is 13.4. The van der Waals surface area contributed by atoms with Gasteiger partial charge in [0.15, 0.2) is 5.78 Å². The monoisotopic (exact) mass is 521 g/mol. The number of thioether (sulfide) groups is 1. The quantitative estimate of drug-likeness (QED) is 0.336. The third-order valence-corrected chi connectivity index (χ3v) is 8.13. The van der Waals surface area contributed by atoms with Crippen molar-refractivity contribution in [3.05, 3.63) is 80.3 Å². The molecule has 1 aromatic heterocycles. The first kappa shape index (κ1) is 25.6. The molecule has 4 nitrogen and oxygen atoms in total. The van der Waals surface area contributed by atoms with Gasteiger partial charge in [-0.2, -0.15) is 24.9 Å². The Morgan fingerprint density at radius 2 is 1.94 bits per heavy atom. The highest BCUT2D eigenvalue weighted by Crippen LogP contribution is 2.46. The fraction of sp³-hybridized carbons (Fsp3) is 0.385. The van der Waals surface area contributed by atoms with E-state index in [4.69, 9.17) is 4.74 Å². The van der Waals surface area contributed by atoms with E-state index in [0.717, 1.165) is 28.5 Å². The minimum atomic E-state index is -4.48. The van der Waals surface area contributed by atoms with Gasteiger partial charge >= 0.3 is 12.1 Å². The van der Waals surface area contributed by atoms with Crippen molar-refractivity contribution in [1.82, 2.24) is 5.32 Å². The topological polar surface area (TPSA) is 55.4 Å². The summed E-state index contributed by atoms with van der Waals surface area (Å²) >= 11 is 3.23. The van der Waals surface area contributed by atoms with Crippen LogP contribution in [0.1, 0.15) is 54.5 Å². The van der Waals surface area contributed by atoms with E-state index in [1.54, 1.807) is 30.0 Å². The number of nitrogens with one attached hydrogen (secondary N) is 1. The van der Waals surface area contributed by atoms with E-state index in [1.807, 2.05) is 24.4 Å². The van der Waals surface area contributed by atoms with Gasteiger partial charge in [-0.1, -0.05) is 25.1 Å². The number of thiophene rings is 1. The Kier molecular flexibility index (Phi) is 7.76. The molecule has 4 rings (SSSR count). The summed E-state index contributed by atoms with van der Waals surface area (Å²) in [5.74, 6) is 0.108. The highest BCUT2D eigenvalue weighted by Gasteiger charge is 2.42. The highest BCUT2D eigenvalue weighted by atomic mass is 32.2. The number of hydrogen-bond donors (Lipinski definition) is 1. The van der Waals surface area contributed by atoms with Gasteiger partial charge in [-0.15, -0.1) is 11.3 Å². The number of Topliss-reactive ketones (excluding diaryl/α,β-unsaturated/α-hetero) is 1. The lowest BCUT2D eigenvalue weighted by atomic mass is 9.72. The molecule has 2 atom stereocenters. The van der Waals surface area contributed by atoms with E-state index < -0.39 is 23.6 Å². The number of hydrogen-bond acceptors (Lipinski definition) is 6. The van der Waals surface area contributed by atoms with Crippen molar-refractivity contribution in [1.29, 1.82) is 0 Å². The third-order valence-electron chi connectivity index (χ3n) is 6.23. The molecule has 0 amide bonds. The molecule has 0 saturated heterocycles. The number of dihydropyridines is 1. The lowest BCUT2D eigenvalue weighted by Crippen LogP contribution is -2.36. The van der Waals surface area contributed by atoms with Crippen molar-refractivity contribution in [3.63, 3.8) is 0 Å². The van der Waals surface area contributed by atoms with Crippen LogP contribution in [0.15, 0.2) is 64.3 Å². The van der Waals surface area contributed by atoms with Crippen molar-refractivity contribution in [3.8, 4) is 0 Å². The largest absolute Gasteiger partial charge is 0.461 e. The molecule has 1 aromatic carbocycles. The number of benzene rings is 1. The maximum atomic E-state index is 13.5. The zero-order chi connectivity index (χ0) is 25.2. The minimum Gasteiger partial charge on any atom is -0.461 e. The van der Waals surface area contributed by atoms with Gasteiger partial charge < -0.3 is 10.1 Å². The molecule has 0 unspecified atom stereocenters. The summed E-state index contributed by atoms with van der Waals surface area (Å²) in [4.78, 5) is 27.7. The lowest BCUT2D eigenvalue weighted by molar-refractivity contribution is -0.139. The van der Waals surface area contributed by atoms with Crippen LogP contribution in [0.25, 0.3) is 0 Å². The van der Waals surface area contributed by atoms with Crippen molar-refractivity contribution < 1.29 is 27.5 Å². The molecule has 0 saturated carbocycles. The Hall–Kier alpha value is -2.52. The Morgan fingerprint density at radius 3 is 2.57 bits per heavy atom. The van der Waals surface area contributed by atoms with Crippen LogP contribution >= 0.6 is 23.1 Å². The molecule has 0 spiro atoms. The predicted molar refractivity (Wildman–Crippen MR) is 132 cm³/mol. The van der Waals surface area contributed by atoms with Crippen LogP contribution in [0.5, 0.6) is 0 Å². The summed E-state index contributed by atoms with van der Waals surface area (Å²) in [5, 5.41) is 5.24. The highest BCUT2D eigenvalue weighted by molar-refractivity contribution is 7.99. The summed E-state index contributed by atoms with van der Waals surface area (Å²) in [6, 6.07) is 8.66. The number of halogens is 3. The van der Waals surface area contributed by atoms with E-state index in [9.17, 15) is 22.8 Å². The van der Waals surface area contributed by atoms with Gasteiger partial charge in [0, 0.05) is 45.9 Å². The first-order chi connectivity index (χ1) is 16.7. The SMILES string of the molecule is CCSCCOC(=O)C1=C(C)NC2=C(C(=O)C[C@H](c3cccs3)C2)[C@H]1c1ccc(C(F)(F)F)cc1. The zero-order valence-electron chi connectivity index (χ0n) is 19.4. The van der Waals surface area contributed by atoms with Gasteiger partial charge in [0.1, 0.15) is 6.61 Å². The van der Waals surface area contributed by atoms with Crippen LogP contribution in [0.2, 0.25) is 0 Å². The molecule has 2 heterocycles. The summed E-state index contributed by atoms with van der Waals surface area (Å²) in [6.07, 6.45) is -3.60. The van der Waals surface area contributed by atoms with Crippen molar-refractivity contribution in [2.24, 2.45) is 0 Å². The number of rotatable bonds is 7. The Balaban J connectivity index is 1.73. The molecule has 1 aliphatic carbocycles. The lowest BCUT2D eigenvalue weighted by Gasteiger charge is -2.36. The molecule has 1 N–H and O–H groups in total. The van der Waals surface area contributed by atoms with Crippen LogP contribution in [0.3, 0.4) is 0 Å². The van der Waals surface area contributed by atoms with Crippen LogP contribution < -0.4 is 5.32 Å². The van der Waals surface area contributed by atoms with Crippen LogP contribution in [0, 0.1) is 0 Å². The average molecular weight is 522 g/mol. The second kappa shape index (κ2) is 10.6. The molecule has 9 heteroatoms. The first-order valence-electron chi connectivity index (χ1n) is 11.4. The summed E-state index contributed by atoms with van der Waals surface area (Å²) in [5.41, 5.74) is 1.68. The number of ketones is 1. The van der Waals surface area contributed by atoms with E-state index in [2.05, 4.69) is 5.32 Å². The zero-order valence-corrected chi connectivity index (χ0v) is 21.0. The smallest absolute Gasteiger partial charge is 0.416 e. The number of carbonyl (C=O) groups is 2. The van der Waals surface area contributed by atoms with Gasteiger partial charge in [-0.3, -0.25) is 4.79 Å². The number of ether oxygens (including phenoxy) is 1. The molecule has 0 radical (unpaired) electrons. The van der Waals surface area contributed by atoms with Crippen LogP contribution in [0.4, 0.5) is 13.2 Å². The van der Waals surface area contributed by atoms with E-state index in [1.165, 1.54) is 12.1 Å². The fourth-order valence-corrected chi connectivity index (χ4v) is 5.97. The van der Waals surface area contributed by atoms with E-state index in [-0.39, 0.29) is 30.3 Å². The number of esters is 1.